The fourth-order valence-electron chi connectivity index (χ4n) is 2.55. The summed E-state index contributed by atoms with van der Waals surface area (Å²) in [5.74, 6) is 0. The molecule has 98 valence electrons. The van der Waals surface area contributed by atoms with Gasteiger partial charge in [0.15, 0.2) is 0 Å². The number of benzene rings is 1. The molecule has 0 bridgehead atoms. The van der Waals surface area contributed by atoms with E-state index in [9.17, 15) is 0 Å². The van der Waals surface area contributed by atoms with Crippen molar-refractivity contribution in [1.29, 1.82) is 0 Å². The molecule has 0 amide bonds. The van der Waals surface area contributed by atoms with Gasteiger partial charge in [0.05, 0.1) is 0 Å². The van der Waals surface area contributed by atoms with Crippen LogP contribution in [0.1, 0.15) is 36.1 Å². The van der Waals surface area contributed by atoms with E-state index in [-0.39, 0.29) is 0 Å². The van der Waals surface area contributed by atoms with Crippen LogP contribution in [0.15, 0.2) is 31.4 Å². The molecule has 0 N–H and O–H groups in total. The van der Waals surface area contributed by atoms with Crippen LogP contribution in [0.3, 0.4) is 0 Å². The largest absolute Gasteiger partial charge is 0.365 e. The van der Waals surface area contributed by atoms with Gasteiger partial charge in [0.1, 0.15) is 0 Å². The molecule has 1 aromatic carbocycles. The number of hydrogen-bond donors (Lipinski definition) is 0. The Hall–Kier alpha value is -1.50. The Kier molecular flexibility index (Phi) is 4.77. The van der Waals surface area contributed by atoms with Crippen molar-refractivity contribution < 1.29 is 0 Å². The standard InChI is InChI=1S/C17H25N/c1-8-9-18(12(2)3)16(7)17-14(5)10-13(4)11-15(17)6/h8,10-12H,1,7,9H2,2-6H3. The molecule has 0 heterocycles. The predicted molar refractivity (Wildman–Crippen MR) is 81.7 cm³/mol. The first kappa shape index (κ1) is 14.6. The topological polar surface area (TPSA) is 3.24 Å². The van der Waals surface area contributed by atoms with Crippen LogP contribution in [0.5, 0.6) is 0 Å². The second-order valence-corrected chi connectivity index (χ2v) is 5.26. The zero-order chi connectivity index (χ0) is 13.9. The van der Waals surface area contributed by atoms with E-state index in [0.717, 1.165) is 12.2 Å². The summed E-state index contributed by atoms with van der Waals surface area (Å²) >= 11 is 0. The Morgan fingerprint density at radius 1 is 1.22 bits per heavy atom. The highest BCUT2D eigenvalue weighted by Gasteiger charge is 2.15. The Bertz CT molecular complexity index is 432. The highest BCUT2D eigenvalue weighted by molar-refractivity contribution is 5.68. The van der Waals surface area contributed by atoms with Gasteiger partial charge in [-0.3, -0.25) is 0 Å². The van der Waals surface area contributed by atoms with E-state index >= 15 is 0 Å². The Labute approximate surface area is 112 Å². The summed E-state index contributed by atoms with van der Waals surface area (Å²) in [7, 11) is 0. The third kappa shape index (κ3) is 3.04. The number of rotatable bonds is 5. The molecule has 0 atom stereocenters. The fraction of sp³-hybridized carbons (Fsp3) is 0.412. The molecule has 1 heteroatoms. The number of hydrogen-bond acceptors (Lipinski definition) is 1. The highest BCUT2D eigenvalue weighted by Crippen LogP contribution is 2.27. The van der Waals surface area contributed by atoms with Gasteiger partial charge in [-0.25, -0.2) is 0 Å². The monoisotopic (exact) mass is 243 g/mol. The molecule has 0 aliphatic heterocycles. The summed E-state index contributed by atoms with van der Waals surface area (Å²) in [6.45, 7) is 19.8. The van der Waals surface area contributed by atoms with Crippen LogP contribution in [0.2, 0.25) is 0 Å². The molecule has 0 radical (unpaired) electrons. The van der Waals surface area contributed by atoms with Crippen molar-refractivity contribution in [2.24, 2.45) is 0 Å². The van der Waals surface area contributed by atoms with E-state index in [1.807, 2.05) is 6.08 Å². The van der Waals surface area contributed by atoms with Crippen molar-refractivity contribution in [2.75, 3.05) is 6.54 Å². The highest BCUT2D eigenvalue weighted by atomic mass is 15.2. The summed E-state index contributed by atoms with van der Waals surface area (Å²) in [5, 5.41) is 0. The Morgan fingerprint density at radius 3 is 2.11 bits per heavy atom. The summed E-state index contributed by atoms with van der Waals surface area (Å²) in [5.41, 5.74) is 6.27. The maximum absolute atomic E-state index is 4.29. The molecule has 18 heavy (non-hydrogen) atoms. The average molecular weight is 243 g/mol. The molecule has 0 unspecified atom stereocenters. The van der Waals surface area contributed by atoms with Gasteiger partial charge in [-0.2, -0.15) is 0 Å². The lowest BCUT2D eigenvalue weighted by Gasteiger charge is -2.31. The Balaban J connectivity index is 3.20. The van der Waals surface area contributed by atoms with Gasteiger partial charge >= 0.3 is 0 Å². The third-order valence-corrected chi connectivity index (χ3v) is 3.26. The first-order chi connectivity index (χ1) is 8.38. The maximum atomic E-state index is 4.29. The maximum Gasteiger partial charge on any atom is 0.0377 e. The lowest BCUT2D eigenvalue weighted by molar-refractivity contribution is 0.363. The first-order valence-corrected chi connectivity index (χ1v) is 6.53. The van der Waals surface area contributed by atoms with Crippen molar-refractivity contribution in [3.8, 4) is 0 Å². The first-order valence-electron chi connectivity index (χ1n) is 6.53. The minimum absolute atomic E-state index is 0.426. The molecule has 0 aliphatic carbocycles. The Morgan fingerprint density at radius 2 is 1.72 bits per heavy atom. The predicted octanol–water partition coefficient (Wildman–Crippen LogP) is 4.48. The van der Waals surface area contributed by atoms with Gasteiger partial charge in [0.25, 0.3) is 0 Å². The molecule has 0 spiro atoms. The van der Waals surface area contributed by atoms with Crippen LogP contribution in [0.25, 0.3) is 5.70 Å². The molecule has 0 saturated heterocycles. The second-order valence-electron chi connectivity index (χ2n) is 5.26. The summed E-state index contributed by atoms with van der Waals surface area (Å²) < 4.78 is 0. The molecule has 1 aromatic rings. The van der Waals surface area contributed by atoms with Crippen LogP contribution in [-0.2, 0) is 0 Å². The molecule has 1 nitrogen and oxygen atoms in total. The fourth-order valence-corrected chi connectivity index (χ4v) is 2.55. The van der Waals surface area contributed by atoms with Gasteiger partial charge in [-0.15, -0.1) is 6.58 Å². The van der Waals surface area contributed by atoms with Crippen LogP contribution in [0, 0.1) is 20.8 Å². The van der Waals surface area contributed by atoms with Crippen molar-refractivity contribution >= 4 is 5.70 Å². The quantitative estimate of drug-likeness (QED) is 0.689. The molecule has 0 saturated carbocycles. The molecular formula is C17H25N. The van der Waals surface area contributed by atoms with Crippen molar-refractivity contribution in [3.63, 3.8) is 0 Å². The smallest absolute Gasteiger partial charge is 0.0377 e. The van der Waals surface area contributed by atoms with Crippen LogP contribution >= 0.6 is 0 Å². The molecule has 0 aromatic heterocycles. The van der Waals surface area contributed by atoms with Gasteiger partial charge in [0, 0.05) is 23.8 Å². The third-order valence-electron chi connectivity index (χ3n) is 3.26. The van der Waals surface area contributed by atoms with Gasteiger partial charge < -0.3 is 4.90 Å². The van der Waals surface area contributed by atoms with E-state index in [4.69, 9.17) is 0 Å². The lowest BCUT2D eigenvalue weighted by Crippen LogP contribution is -2.29. The number of aryl methyl sites for hydroxylation is 3. The van der Waals surface area contributed by atoms with E-state index in [1.54, 1.807) is 0 Å². The molecule has 0 aliphatic rings. The lowest BCUT2D eigenvalue weighted by atomic mass is 9.96. The minimum atomic E-state index is 0.426. The SMILES string of the molecule is C=CCN(C(=C)c1c(C)cc(C)cc1C)C(C)C. The van der Waals surface area contributed by atoms with Crippen LogP contribution in [0.4, 0.5) is 0 Å². The zero-order valence-corrected chi connectivity index (χ0v) is 12.4. The summed E-state index contributed by atoms with van der Waals surface area (Å²) in [6, 6.07) is 4.87. The molecular weight excluding hydrogens is 218 g/mol. The van der Waals surface area contributed by atoms with Gasteiger partial charge in [-0.05, 0) is 45.7 Å². The minimum Gasteiger partial charge on any atom is -0.365 e. The van der Waals surface area contributed by atoms with E-state index < -0.39 is 0 Å². The van der Waals surface area contributed by atoms with Gasteiger partial charge in [-0.1, -0.05) is 30.4 Å². The number of nitrogens with zero attached hydrogens (tertiary/aromatic N) is 1. The van der Waals surface area contributed by atoms with Crippen LogP contribution in [-0.4, -0.2) is 17.5 Å². The van der Waals surface area contributed by atoms with Crippen LogP contribution < -0.4 is 0 Å². The zero-order valence-electron chi connectivity index (χ0n) is 12.4. The molecule has 1 rings (SSSR count). The van der Waals surface area contributed by atoms with E-state index in [1.165, 1.54) is 22.3 Å². The normalized spacial score (nSPS) is 10.6. The average Bonchev–Trinajstić information content (AvgIpc) is 2.23. The second kappa shape index (κ2) is 5.90. The van der Waals surface area contributed by atoms with Crippen molar-refractivity contribution in [3.05, 3.63) is 53.6 Å². The van der Waals surface area contributed by atoms with E-state index in [2.05, 4.69) is 64.8 Å². The van der Waals surface area contributed by atoms with Crippen molar-refractivity contribution in [1.82, 2.24) is 4.90 Å². The summed E-state index contributed by atoms with van der Waals surface area (Å²) in [4.78, 5) is 2.29. The van der Waals surface area contributed by atoms with E-state index in [0.29, 0.717) is 6.04 Å². The van der Waals surface area contributed by atoms with Gasteiger partial charge in [0.2, 0.25) is 0 Å². The van der Waals surface area contributed by atoms with Crippen molar-refractivity contribution in [2.45, 2.75) is 40.7 Å². The summed E-state index contributed by atoms with van der Waals surface area (Å²) in [6.07, 6.45) is 1.93. The molecule has 0 fully saturated rings.